The summed E-state index contributed by atoms with van der Waals surface area (Å²) >= 11 is 0. The van der Waals surface area contributed by atoms with Gasteiger partial charge < -0.3 is 5.43 Å². The molecule has 1 heterocycles. The summed E-state index contributed by atoms with van der Waals surface area (Å²) in [6.45, 7) is 9.30. The highest BCUT2D eigenvalue weighted by molar-refractivity contribution is 5.46. The number of aromatic nitrogens is 2. The summed E-state index contributed by atoms with van der Waals surface area (Å²) in [5.74, 6) is 6.40. The van der Waals surface area contributed by atoms with Crippen molar-refractivity contribution in [2.75, 3.05) is 18.5 Å². The Morgan fingerprint density at radius 1 is 1.40 bits per heavy atom. The van der Waals surface area contributed by atoms with Crippen LogP contribution in [0.2, 0.25) is 0 Å². The van der Waals surface area contributed by atoms with Gasteiger partial charge in [0.15, 0.2) is 0 Å². The Bertz CT molecular complexity index is 314. The van der Waals surface area contributed by atoms with Gasteiger partial charge in [0.05, 0.1) is 5.69 Å². The van der Waals surface area contributed by atoms with E-state index >= 15 is 0 Å². The fraction of sp³-hybridized carbons (Fsp3) is 0.700. The minimum absolute atomic E-state index is 0.895. The predicted octanol–water partition coefficient (Wildman–Crippen LogP) is 0.856. The van der Waals surface area contributed by atoms with E-state index in [0.29, 0.717) is 0 Å². The summed E-state index contributed by atoms with van der Waals surface area (Å²) in [5, 5.41) is 4.35. The monoisotopic (exact) mass is 211 g/mol. The topological polar surface area (TPSA) is 59.1 Å². The summed E-state index contributed by atoms with van der Waals surface area (Å²) in [5.41, 5.74) is 4.94. The molecular weight excluding hydrogens is 190 g/mol. The molecular formula is C10H21N5. The molecule has 0 aliphatic carbocycles. The molecule has 0 fully saturated rings. The molecule has 0 aliphatic heterocycles. The van der Waals surface area contributed by atoms with E-state index in [2.05, 4.69) is 29.3 Å². The second-order valence-corrected chi connectivity index (χ2v) is 3.64. The van der Waals surface area contributed by atoms with Gasteiger partial charge in [0.25, 0.3) is 0 Å². The lowest BCUT2D eigenvalue weighted by molar-refractivity contribution is 0.295. The van der Waals surface area contributed by atoms with E-state index in [-0.39, 0.29) is 0 Å². The number of hydrogen-bond acceptors (Lipinski definition) is 4. The molecule has 1 rings (SSSR count). The molecule has 1 aromatic heterocycles. The lowest BCUT2D eigenvalue weighted by Crippen LogP contribution is -2.23. The maximum atomic E-state index is 5.49. The average Bonchev–Trinajstić information content (AvgIpc) is 2.49. The molecule has 5 heteroatoms. The first-order valence-electron chi connectivity index (χ1n) is 5.35. The zero-order chi connectivity index (χ0) is 11.4. The molecule has 0 saturated heterocycles. The van der Waals surface area contributed by atoms with Crippen molar-refractivity contribution >= 4 is 5.82 Å². The van der Waals surface area contributed by atoms with Gasteiger partial charge in [0.2, 0.25) is 0 Å². The van der Waals surface area contributed by atoms with Gasteiger partial charge in [0, 0.05) is 19.2 Å². The van der Waals surface area contributed by atoms with E-state index in [1.807, 2.05) is 14.0 Å². The molecule has 0 bridgehead atoms. The fourth-order valence-corrected chi connectivity index (χ4v) is 1.74. The molecule has 1 aromatic rings. The quantitative estimate of drug-likeness (QED) is 0.560. The van der Waals surface area contributed by atoms with Gasteiger partial charge in [0.1, 0.15) is 5.82 Å². The Kier molecular flexibility index (Phi) is 4.11. The maximum Gasteiger partial charge on any atom is 0.142 e. The van der Waals surface area contributed by atoms with E-state index in [0.717, 1.165) is 31.1 Å². The van der Waals surface area contributed by atoms with E-state index in [9.17, 15) is 0 Å². The summed E-state index contributed by atoms with van der Waals surface area (Å²) in [4.78, 5) is 2.34. The number of nitrogens with zero attached hydrogens (tertiary/aromatic N) is 3. The normalized spacial score (nSPS) is 11.1. The third-order valence-corrected chi connectivity index (χ3v) is 2.76. The molecule has 86 valence electrons. The molecule has 0 spiro atoms. The molecule has 0 atom stereocenters. The number of nitrogens with one attached hydrogen (secondary N) is 1. The molecule has 0 aliphatic rings. The minimum atomic E-state index is 0.895. The van der Waals surface area contributed by atoms with Crippen molar-refractivity contribution in [1.82, 2.24) is 14.7 Å². The zero-order valence-corrected chi connectivity index (χ0v) is 10.0. The zero-order valence-electron chi connectivity index (χ0n) is 10.0. The van der Waals surface area contributed by atoms with Crippen molar-refractivity contribution in [3.05, 3.63) is 11.3 Å². The molecule has 0 unspecified atom stereocenters. The van der Waals surface area contributed by atoms with Gasteiger partial charge in [-0.15, -0.1) is 0 Å². The molecule has 0 aromatic carbocycles. The van der Waals surface area contributed by atoms with Gasteiger partial charge in [-0.2, -0.15) is 5.10 Å². The Morgan fingerprint density at radius 3 is 2.47 bits per heavy atom. The van der Waals surface area contributed by atoms with Crippen LogP contribution in [0.4, 0.5) is 5.82 Å². The van der Waals surface area contributed by atoms with Crippen LogP contribution in [-0.2, 0) is 13.6 Å². The first-order chi connectivity index (χ1) is 7.13. The second-order valence-electron chi connectivity index (χ2n) is 3.64. The number of nitrogens with two attached hydrogens (primary N) is 1. The van der Waals surface area contributed by atoms with Gasteiger partial charge >= 0.3 is 0 Å². The maximum absolute atomic E-state index is 5.49. The van der Waals surface area contributed by atoms with Crippen molar-refractivity contribution in [3.8, 4) is 0 Å². The SMILES string of the molecule is CCN(CC)Cc1c(C)nn(C)c1NN. The first kappa shape index (κ1) is 12.0. The Morgan fingerprint density at radius 2 is 2.00 bits per heavy atom. The number of hydrazine groups is 1. The van der Waals surface area contributed by atoms with Crippen LogP contribution in [0, 0.1) is 6.92 Å². The van der Waals surface area contributed by atoms with E-state index < -0.39 is 0 Å². The van der Waals surface area contributed by atoms with Crippen LogP contribution in [0.3, 0.4) is 0 Å². The van der Waals surface area contributed by atoms with Crippen LogP contribution >= 0.6 is 0 Å². The van der Waals surface area contributed by atoms with Crippen molar-refractivity contribution in [1.29, 1.82) is 0 Å². The Balaban J connectivity index is 2.92. The lowest BCUT2D eigenvalue weighted by Gasteiger charge is -2.18. The predicted molar refractivity (Wildman–Crippen MR) is 62.4 cm³/mol. The van der Waals surface area contributed by atoms with E-state index in [1.165, 1.54) is 5.56 Å². The number of anilines is 1. The van der Waals surface area contributed by atoms with Crippen molar-refractivity contribution in [2.45, 2.75) is 27.3 Å². The van der Waals surface area contributed by atoms with Crippen molar-refractivity contribution in [2.24, 2.45) is 12.9 Å². The fourth-order valence-electron chi connectivity index (χ4n) is 1.74. The third-order valence-electron chi connectivity index (χ3n) is 2.76. The largest absolute Gasteiger partial charge is 0.308 e. The number of aryl methyl sites for hydroxylation is 2. The first-order valence-corrected chi connectivity index (χ1v) is 5.35. The van der Waals surface area contributed by atoms with Crippen LogP contribution in [0.1, 0.15) is 25.1 Å². The highest BCUT2D eigenvalue weighted by Crippen LogP contribution is 2.19. The van der Waals surface area contributed by atoms with Crippen LogP contribution in [-0.4, -0.2) is 27.8 Å². The highest BCUT2D eigenvalue weighted by atomic mass is 15.4. The highest BCUT2D eigenvalue weighted by Gasteiger charge is 2.14. The van der Waals surface area contributed by atoms with Gasteiger partial charge in [-0.3, -0.25) is 9.58 Å². The standard InChI is InChI=1S/C10H21N5/c1-5-15(6-2)7-9-8(3)13-14(4)10(9)12-11/h12H,5-7,11H2,1-4H3. The third kappa shape index (κ3) is 2.49. The molecule has 5 nitrogen and oxygen atoms in total. The van der Waals surface area contributed by atoms with E-state index in [1.54, 1.807) is 4.68 Å². The number of nitrogen functional groups attached to an aromatic ring is 1. The summed E-state index contributed by atoms with van der Waals surface area (Å²) in [7, 11) is 1.90. The van der Waals surface area contributed by atoms with Crippen molar-refractivity contribution < 1.29 is 0 Å². The Hall–Kier alpha value is -1.07. The summed E-state index contributed by atoms with van der Waals surface area (Å²) < 4.78 is 1.79. The smallest absolute Gasteiger partial charge is 0.142 e. The summed E-state index contributed by atoms with van der Waals surface area (Å²) in [6, 6.07) is 0. The van der Waals surface area contributed by atoms with Crippen molar-refractivity contribution in [3.63, 3.8) is 0 Å². The van der Waals surface area contributed by atoms with Gasteiger partial charge in [-0.25, -0.2) is 5.84 Å². The van der Waals surface area contributed by atoms with Crippen LogP contribution in [0.5, 0.6) is 0 Å². The average molecular weight is 211 g/mol. The number of rotatable bonds is 5. The van der Waals surface area contributed by atoms with Crippen LogP contribution in [0.15, 0.2) is 0 Å². The molecule has 0 saturated carbocycles. The van der Waals surface area contributed by atoms with Gasteiger partial charge in [-0.05, 0) is 20.0 Å². The molecule has 15 heavy (non-hydrogen) atoms. The minimum Gasteiger partial charge on any atom is -0.308 e. The Labute approximate surface area is 91.2 Å². The lowest BCUT2D eigenvalue weighted by atomic mass is 10.2. The second kappa shape index (κ2) is 5.14. The molecule has 0 radical (unpaired) electrons. The van der Waals surface area contributed by atoms with Crippen LogP contribution in [0.25, 0.3) is 0 Å². The van der Waals surface area contributed by atoms with Crippen LogP contribution < -0.4 is 11.3 Å². The van der Waals surface area contributed by atoms with Gasteiger partial charge in [-0.1, -0.05) is 13.8 Å². The molecule has 0 amide bonds. The number of hydrogen-bond donors (Lipinski definition) is 2. The molecule has 3 N–H and O–H groups in total. The summed E-state index contributed by atoms with van der Waals surface area (Å²) in [6.07, 6.45) is 0. The van der Waals surface area contributed by atoms with E-state index in [4.69, 9.17) is 5.84 Å².